The van der Waals surface area contributed by atoms with Crippen molar-refractivity contribution < 1.29 is 13.2 Å². The van der Waals surface area contributed by atoms with Gasteiger partial charge < -0.3 is 4.55 Å². The second-order valence-electron chi connectivity index (χ2n) is 2.97. The molecule has 0 bridgehead atoms. The Balaban J connectivity index is 2.40. The molecule has 15 heavy (non-hydrogen) atoms. The van der Waals surface area contributed by atoms with Crippen LogP contribution in [0.25, 0.3) is 0 Å². The smallest absolute Gasteiger partial charge is 0.127 e. The summed E-state index contributed by atoms with van der Waals surface area (Å²) in [6.07, 6.45) is 1.09. The average Bonchev–Trinajstić information content (AvgIpc) is 2.14. The van der Waals surface area contributed by atoms with Crippen molar-refractivity contribution in [3.63, 3.8) is 0 Å². The van der Waals surface area contributed by atoms with Crippen molar-refractivity contribution in [2.24, 2.45) is 0 Å². The number of rotatable bonds is 5. The van der Waals surface area contributed by atoms with E-state index in [4.69, 9.17) is 0 Å². The Morgan fingerprint density at radius 1 is 1.53 bits per heavy atom. The van der Waals surface area contributed by atoms with Gasteiger partial charge in [0.2, 0.25) is 0 Å². The summed E-state index contributed by atoms with van der Waals surface area (Å²) in [7, 11) is 0. The third-order valence-corrected chi connectivity index (χ3v) is 2.79. The molecular formula is C9H10BrFNO2S-. The number of halogens is 2. The van der Waals surface area contributed by atoms with Crippen LogP contribution in [-0.4, -0.2) is 15.3 Å². The number of hydrogen-bond donors (Lipinski definition) is 1. The monoisotopic (exact) mass is 294 g/mol. The molecule has 0 aromatic heterocycles. The van der Waals surface area contributed by atoms with Crippen molar-refractivity contribution >= 4 is 27.2 Å². The summed E-state index contributed by atoms with van der Waals surface area (Å²) in [6, 6.07) is 4.85. The van der Waals surface area contributed by atoms with Crippen molar-refractivity contribution in [3.05, 3.63) is 34.1 Å². The predicted octanol–water partition coefficient (Wildman–Crippen LogP) is 1.90. The summed E-state index contributed by atoms with van der Waals surface area (Å²) in [5.74, 6) is -0.271. The quantitative estimate of drug-likeness (QED) is 0.666. The Labute approximate surface area is 98.6 Å². The van der Waals surface area contributed by atoms with Gasteiger partial charge in [-0.15, -0.1) is 0 Å². The van der Waals surface area contributed by atoms with Crippen LogP contribution in [0.15, 0.2) is 22.7 Å². The second kappa shape index (κ2) is 6.32. The minimum absolute atomic E-state index is 0.271. The van der Waals surface area contributed by atoms with Crippen molar-refractivity contribution in [3.8, 4) is 0 Å². The molecule has 0 fully saturated rings. The van der Waals surface area contributed by atoms with E-state index >= 15 is 0 Å². The van der Waals surface area contributed by atoms with Crippen LogP contribution >= 0.6 is 15.9 Å². The molecule has 0 radical (unpaired) electrons. The molecule has 0 aliphatic carbocycles. The van der Waals surface area contributed by atoms with E-state index in [-0.39, 0.29) is 5.82 Å². The van der Waals surface area contributed by atoms with Gasteiger partial charge in [0, 0.05) is 22.3 Å². The van der Waals surface area contributed by atoms with E-state index in [0.29, 0.717) is 29.4 Å². The predicted molar refractivity (Wildman–Crippen MR) is 59.3 cm³/mol. The Morgan fingerprint density at radius 2 is 2.27 bits per heavy atom. The van der Waals surface area contributed by atoms with Crippen molar-refractivity contribution in [1.29, 1.82) is 0 Å². The molecule has 1 rings (SSSR count). The molecular weight excluding hydrogens is 285 g/mol. The van der Waals surface area contributed by atoms with Gasteiger partial charge in [-0.25, -0.2) is 9.11 Å². The molecule has 3 nitrogen and oxygen atoms in total. The van der Waals surface area contributed by atoms with Gasteiger partial charge in [-0.2, -0.15) is 0 Å². The van der Waals surface area contributed by atoms with Gasteiger partial charge in [0.15, 0.2) is 0 Å². The zero-order chi connectivity index (χ0) is 11.3. The van der Waals surface area contributed by atoms with E-state index < -0.39 is 11.3 Å². The first-order valence-electron chi connectivity index (χ1n) is 4.36. The minimum atomic E-state index is -2.23. The Kier molecular flexibility index (Phi) is 5.38. The summed E-state index contributed by atoms with van der Waals surface area (Å²) in [4.78, 5) is 0. The number of aryl methyl sites for hydroxylation is 1. The first-order chi connectivity index (χ1) is 7.09. The van der Waals surface area contributed by atoms with Crippen LogP contribution in [0.1, 0.15) is 12.0 Å². The average molecular weight is 295 g/mol. The summed E-state index contributed by atoms with van der Waals surface area (Å²) >= 11 is 0.930. The summed E-state index contributed by atoms with van der Waals surface area (Å²) < 4.78 is 36.5. The van der Waals surface area contributed by atoms with Gasteiger partial charge in [-0.3, -0.25) is 4.21 Å². The molecule has 6 heteroatoms. The molecule has 84 valence electrons. The van der Waals surface area contributed by atoms with E-state index in [1.807, 2.05) is 0 Å². The molecule has 0 saturated heterocycles. The van der Waals surface area contributed by atoms with E-state index in [1.54, 1.807) is 12.1 Å². The molecule has 0 heterocycles. The van der Waals surface area contributed by atoms with Gasteiger partial charge in [-0.05, 0) is 30.5 Å². The third-order valence-electron chi connectivity index (χ3n) is 1.86. The fraction of sp³-hybridized carbons (Fsp3) is 0.333. The Hall–Kier alpha value is -0.300. The highest BCUT2D eigenvalue weighted by Gasteiger charge is 2.01. The molecule has 1 N–H and O–H groups in total. The molecule has 1 atom stereocenters. The maximum atomic E-state index is 13.3. The second-order valence-corrected chi connectivity index (χ2v) is 4.64. The van der Waals surface area contributed by atoms with Gasteiger partial charge in [0.05, 0.1) is 0 Å². The third kappa shape index (κ3) is 4.83. The summed E-state index contributed by atoms with van der Waals surface area (Å²) in [5, 5.41) is 0. The number of hydrogen-bond acceptors (Lipinski definition) is 2. The largest absolute Gasteiger partial charge is 0.760 e. The lowest BCUT2D eigenvalue weighted by atomic mass is 10.1. The lowest BCUT2D eigenvalue weighted by molar-refractivity contribution is 0.521. The molecule has 0 aliphatic rings. The molecule has 0 aliphatic heterocycles. The molecule has 1 aromatic rings. The van der Waals surface area contributed by atoms with Crippen molar-refractivity contribution in [2.45, 2.75) is 12.8 Å². The normalized spacial score (nSPS) is 12.7. The first-order valence-corrected chi connectivity index (χ1v) is 6.23. The summed E-state index contributed by atoms with van der Waals surface area (Å²) in [6.45, 7) is 0.325. The number of benzene rings is 1. The molecule has 0 spiro atoms. The lowest BCUT2D eigenvalue weighted by Gasteiger charge is -2.07. The van der Waals surface area contributed by atoms with Gasteiger partial charge in [-0.1, -0.05) is 22.0 Å². The van der Waals surface area contributed by atoms with Crippen LogP contribution in [-0.2, 0) is 17.7 Å². The van der Waals surface area contributed by atoms with Crippen LogP contribution in [0.2, 0.25) is 0 Å². The number of nitrogens with one attached hydrogen (secondary N) is 1. The van der Waals surface area contributed by atoms with Gasteiger partial charge >= 0.3 is 0 Å². The highest BCUT2D eigenvalue weighted by Crippen LogP contribution is 2.16. The van der Waals surface area contributed by atoms with E-state index in [2.05, 4.69) is 20.7 Å². The fourth-order valence-corrected chi connectivity index (χ4v) is 1.80. The Bertz CT molecular complexity index is 362. The first kappa shape index (κ1) is 12.8. The van der Waals surface area contributed by atoms with Crippen LogP contribution < -0.4 is 4.72 Å². The van der Waals surface area contributed by atoms with Crippen LogP contribution in [0.4, 0.5) is 4.39 Å². The van der Waals surface area contributed by atoms with Gasteiger partial charge in [0.1, 0.15) is 5.82 Å². The highest BCUT2D eigenvalue weighted by atomic mass is 79.9. The van der Waals surface area contributed by atoms with Crippen molar-refractivity contribution in [2.75, 3.05) is 6.54 Å². The highest BCUT2D eigenvalue weighted by molar-refractivity contribution is 9.10. The van der Waals surface area contributed by atoms with E-state index in [9.17, 15) is 13.2 Å². The van der Waals surface area contributed by atoms with E-state index in [1.165, 1.54) is 6.07 Å². The van der Waals surface area contributed by atoms with Gasteiger partial charge in [0.25, 0.3) is 0 Å². The summed E-state index contributed by atoms with van der Waals surface area (Å²) in [5.41, 5.74) is 0.594. The molecule has 1 aromatic carbocycles. The van der Waals surface area contributed by atoms with E-state index in [0.717, 1.165) is 0 Å². The molecule has 0 amide bonds. The zero-order valence-electron chi connectivity index (χ0n) is 7.83. The maximum absolute atomic E-state index is 13.3. The van der Waals surface area contributed by atoms with Crippen LogP contribution in [0.5, 0.6) is 0 Å². The van der Waals surface area contributed by atoms with Crippen molar-refractivity contribution in [1.82, 2.24) is 4.72 Å². The standard InChI is InChI=1S/C9H11BrFNO2S/c10-8-4-3-7(9(11)6-8)2-1-5-12-15(13)14/h3-4,6,12H,1-2,5H2,(H,13,14)/p-1. The van der Waals surface area contributed by atoms with Crippen LogP contribution in [0, 0.1) is 5.82 Å². The van der Waals surface area contributed by atoms with Crippen LogP contribution in [0.3, 0.4) is 0 Å². The molecule has 0 saturated carbocycles. The topological polar surface area (TPSA) is 52.2 Å². The lowest BCUT2D eigenvalue weighted by Crippen LogP contribution is -2.18. The maximum Gasteiger partial charge on any atom is 0.127 e. The zero-order valence-corrected chi connectivity index (χ0v) is 10.2. The molecule has 1 unspecified atom stereocenters. The fourth-order valence-electron chi connectivity index (χ4n) is 1.16. The Morgan fingerprint density at radius 3 is 2.87 bits per heavy atom. The SMILES string of the molecule is O=S([O-])NCCCc1ccc(Br)cc1F. The minimum Gasteiger partial charge on any atom is -0.760 e.